The minimum atomic E-state index is -0.424. The molecule has 20 heavy (non-hydrogen) atoms. The van der Waals surface area contributed by atoms with Crippen molar-refractivity contribution in [3.63, 3.8) is 0 Å². The molecule has 1 saturated heterocycles. The summed E-state index contributed by atoms with van der Waals surface area (Å²) in [4.78, 5) is 13.5. The number of hydrogen-bond donors (Lipinski definition) is 1. The Morgan fingerprint density at radius 3 is 3.10 bits per heavy atom. The molecule has 0 aliphatic carbocycles. The summed E-state index contributed by atoms with van der Waals surface area (Å²) in [6.07, 6.45) is 0.528. The highest BCUT2D eigenvalue weighted by molar-refractivity contribution is 9.10. The molecule has 1 aliphatic heterocycles. The number of nitrogens with two attached hydrogens (primary N) is 1. The molecule has 1 aliphatic rings. The van der Waals surface area contributed by atoms with E-state index in [9.17, 15) is 4.79 Å². The molecule has 1 amide bonds. The van der Waals surface area contributed by atoms with Crippen molar-refractivity contribution in [1.82, 2.24) is 5.16 Å². The Kier molecular flexibility index (Phi) is 3.39. The number of carbonyl (C=O) groups excluding carboxylic acids is 1. The topological polar surface area (TPSA) is 81.6 Å². The van der Waals surface area contributed by atoms with Gasteiger partial charge in [0.25, 0.3) is 0 Å². The number of fused-ring (bicyclic) bond motifs is 1. The van der Waals surface area contributed by atoms with Gasteiger partial charge in [0.15, 0.2) is 11.4 Å². The summed E-state index contributed by atoms with van der Waals surface area (Å²) in [5, 5.41) is 4.94. The van der Waals surface area contributed by atoms with Crippen molar-refractivity contribution >= 4 is 38.6 Å². The van der Waals surface area contributed by atoms with Gasteiger partial charge in [-0.25, -0.2) is 0 Å². The molecule has 6 nitrogen and oxygen atoms in total. The summed E-state index contributed by atoms with van der Waals surface area (Å²) in [6.45, 7) is 0.568. The summed E-state index contributed by atoms with van der Waals surface area (Å²) in [5.74, 6) is 0.250. The van der Waals surface area contributed by atoms with Crippen LogP contribution < -0.4 is 10.6 Å². The Morgan fingerprint density at radius 1 is 1.60 bits per heavy atom. The molecule has 0 spiro atoms. The molecule has 3 rings (SSSR count). The Hall–Kier alpha value is -1.60. The molecule has 0 bridgehead atoms. The molecule has 2 aromatic rings. The van der Waals surface area contributed by atoms with Crippen LogP contribution in [0, 0.1) is 0 Å². The molecule has 2 atom stereocenters. The normalized spacial score (nSPS) is 22.6. The van der Waals surface area contributed by atoms with Crippen LogP contribution in [0.1, 0.15) is 6.42 Å². The van der Waals surface area contributed by atoms with E-state index in [-0.39, 0.29) is 12.0 Å². The van der Waals surface area contributed by atoms with Gasteiger partial charge in [-0.2, -0.15) is 0 Å². The largest absolute Gasteiger partial charge is 0.380 e. The first-order valence-corrected chi connectivity index (χ1v) is 7.03. The van der Waals surface area contributed by atoms with E-state index in [0.29, 0.717) is 24.4 Å². The van der Waals surface area contributed by atoms with Crippen LogP contribution in [0.5, 0.6) is 0 Å². The minimum absolute atomic E-state index is 0.0357. The zero-order valence-electron chi connectivity index (χ0n) is 10.9. The van der Waals surface area contributed by atoms with Crippen molar-refractivity contribution in [2.45, 2.75) is 18.6 Å². The summed E-state index contributed by atoms with van der Waals surface area (Å²) in [5.41, 5.74) is 6.15. The van der Waals surface area contributed by atoms with Gasteiger partial charge in [0, 0.05) is 24.5 Å². The number of amides is 1. The quantitative estimate of drug-likeness (QED) is 0.919. The summed E-state index contributed by atoms with van der Waals surface area (Å²) < 4.78 is 11.6. The van der Waals surface area contributed by atoms with Crippen molar-refractivity contribution in [2.24, 2.45) is 5.73 Å². The lowest BCUT2D eigenvalue weighted by Gasteiger charge is -2.21. The number of anilines is 1. The number of ether oxygens (including phenoxy) is 1. The van der Waals surface area contributed by atoms with E-state index in [1.165, 1.54) is 0 Å². The van der Waals surface area contributed by atoms with Crippen molar-refractivity contribution in [3.8, 4) is 0 Å². The van der Waals surface area contributed by atoms with Gasteiger partial charge < -0.3 is 19.9 Å². The van der Waals surface area contributed by atoms with Crippen molar-refractivity contribution in [1.29, 1.82) is 0 Å². The van der Waals surface area contributed by atoms with Crippen LogP contribution in [-0.2, 0) is 9.53 Å². The third-order valence-electron chi connectivity index (χ3n) is 3.61. The molecule has 1 aromatic carbocycles. The molecule has 0 unspecified atom stereocenters. The monoisotopic (exact) mass is 339 g/mol. The minimum Gasteiger partial charge on any atom is -0.380 e. The van der Waals surface area contributed by atoms with Gasteiger partial charge >= 0.3 is 0 Å². The maximum Gasteiger partial charge on any atom is 0.240 e. The molecule has 7 heteroatoms. The van der Waals surface area contributed by atoms with Gasteiger partial charge in [0.05, 0.1) is 11.5 Å². The smallest absolute Gasteiger partial charge is 0.240 e. The molecule has 2 heterocycles. The van der Waals surface area contributed by atoms with Crippen LogP contribution in [0.15, 0.2) is 27.2 Å². The van der Waals surface area contributed by atoms with E-state index in [0.717, 1.165) is 9.86 Å². The lowest BCUT2D eigenvalue weighted by molar-refractivity contribution is -0.119. The Bertz CT molecular complexity index is 657. The molecule has 1 fully saturated rings. The molecule has 0 saturated carbocycles. The SMILES string of the molecule is CO[C@H]1C[C@@H](C(N)=O)N(c2noc3ccc(Br)cc23)C1. The van der Waals surface area contributed by atoms with Crippen LogP contribution in [0.25, 0.3) is 11.0 Å². The van der Waals surface area contributed by atoms with Crippen molar-refractivity contribution in [3.05, 3.63) is 22.7 Å². The molecule has 2 N–H and O–H groups in total. The van der Waals surface area contributed by atoms with Crippen LogP contribution in [0.2, 0.25) is 0 Å². The number of methoxy groups -OCH3 is 1. The van der Waals surface area contributed by atoms with E-state index in [2.05, 4.69) is 21.1 Å². The number of nitrogens with zero attached hydrogens (tertiary/aromatic N) is 2. The number of aromatic nitrogens is 1. The number of hydrogen-bond acceptors (Lipinski definition) is 5. The van der Waals surface area contributed by atoms with Crippen molar-refractivity contribution in [2.75, 3.05) is 18.6 Å². The number of rotatable bonds is 3. The average molecular weight is 340 g/mol. The Morgan fingerprint density at radius 2 is 2.40 bits per heavy atom. The number of carbonyl (C=O) groups is 1. The van der Waals surface area contributed by atoms with Gasteiger partial charge in [-0.15, -0.1) is 0 Å². The van der Waals surface area contributed by atoms with Gasteiger partial charge in [0.2, 0.25) is 5.91 Å². The first kappa shape index (κ1) is 13.4. The van der Waals surface area contributed by atoms with Gasteiger partial charge in [-0.1, -0.05) is 21.1 Å². The van der Waals surface area contributed by atoms with E-state index in [1.54, 1.807) is 7.11 Å². The highest BCUT2D eigenvalue weighted by Crippen LogP contribution is 2.33. The lowest BCUT2D eigenvalue weighted by Crippen LogP contribution is -2.40. The van der Waals surface area contributed by atoms with E-state index < -0.39 is 6.04 Å². The van der Waals surface area contributed by atoms with E-state index in [1.807, 2.05) is 23.1 Å². The van der Waals surface area contributed by atoms with Gasteiger partial charge in [-0.05, 0) is 18.2 Å². The molecular weight excluding hydrogens is 326 g/mol. The number of primary amides is 1. The first-order chi connectivity index (χ1) is 9.60. The Balaban J connectivity index is 2.04. The van der Waals surface area contributed by atoms with E-state index in [4.69, 9.17) is 15.0 Å². The van der Waals surface area contributed by atoms with Gasteiger partial charge in [0.1, 0.15) is 6.04 Å². The van der Waals surface area contributed by atoms with Gasteiger partial charge in [-0.3, -0.25) is 4.79 Å². The summed E-state index contributed by atoms with van der Waals surface area (Å²) >= 11 is 3.43. The molecule has 0 radical (unpaired) electrons. The first-order valence-electron chi connectivity index (χ1n) is 6.24. The predicted octanol–water partition coefficient (Wildman–Crippen LogP) is 1.67. The summed E-state index contributed by atoms with van der Waals surface area (Å²) in [6, 6.07) is 5.20. The zero-order chi connectivity index (χ0) is 14.3. The van der Waals surface area contributed by atoms with Crippen LogP contribution >= 0.6 is 15.9 Å². The van der Waals surface area contributed by atoms with Crippen LogP contribution in [-0.4, -0.2) is 36.9 Å². The standard InChI is InChI=1S/C13H14BrN3O3/c1-19-8-5-10(12(15)18)17(6-8)13-9-4-7(14)2-3-11(9)20-16-13/h2-4,8,10H,5-6H2,1H3,(H2,15,18)/t8-,10-/m0/s1. The van der Waals surface area contributed by atoms with E-state index >= 15 is 0 Å². The fourth-order valence-corrected chi connectivity index (χ4v) is 2.94. The third kappa shape index (κ3) is 2.16. The maximum atomic E-state index is 11.6. The highest BCUT2D eigenvalue weighted by Gasteiger charge is 2.38. The highest BCUT2D eigenvalue weighted by atomic mass is 79.9. The number of benzene rings is 1. The lowest BCUT2D eigenvalue weighted by atomic mass is 10.2. The van der Waals surface area contributed by atoms with Crippen molar-refractivity contribution < 1.29 is 14.1 Å². The predicted molar refractivity (Wildman–Crippen MR) is 77.5 cm³/mol. The van der Waals surface area contributed by atoms with Crippen LogP contribution in [0.4, 0.5) is 5.82 Å². The second kappa shape index (κ2) is 5.06. The second-order valence-corrected chi connectivity index (χ2v) is 5.73. The fraction of sp³-hybridized carbons (Fsp3) is 0.385. The maximum absolute atomic E-state index is 11.6. The zero-order valence-corrected chi connectivity index (χ0v) is 12.5. The molecule has 1 aromatic heterocycles. The third-order valence-corrected chi connectivity index (χ3v) is 4.10. The summed E-state index contributed by atoms with van der Waals surface area (Å²) in [7, 11) is 1.63. The molecule has 106 valence electrons. The number of halogens is 1. The fourth-order valence-electron chi connectivity index (χ4n) is 2.58. The average Bonchev–Trinajstić information content (AvgIpc) is 3.00. The molecular formula is C13H14BrN3O3. The second-order valence-electron chi connectivity index (χ2n) is 4.81. The van der Waals surface area contributed by atoms with Crippen LogP contribution in [0.3, 0.4) is 0 Å². The Labute approximate surface area is 124 Å².